The smallest absolute Gasteiger partial charge is 0.333 e. The number of hydrogen-bond donors (Lipinski definition) is 0. The van der Waals surface area contributed by atoms with Crippen molar-refractivity contribution >= 4 is 18.1 Å². The molecule has 1 heterocycles. The monoisotopic (exact) mass is 237 g/mol. The normalized spacial score (nSPS) is 10.1. The second-order valence-electron chi connectivity index (χ2n) is 3.83. The third-order valence-electron chi connectivity index (χ3n) is 2.52. The van der Waals surface area contributed by atoms with Crippen LogP contribution in [0.25, 0.3) is 0 Å². The lowest BCUT2D eigenvalue weighted by Crippen LogP contribution is -2.23. The molecule has 1 amide bonds. The van der Waals surface area contributed by atoms with Gasteiger partial charge in [-0.25, -0.2) is 0 Å². The second-order valence-corrected chi connectivity index (χ2v) is 3.83. The molecular weight excluding hydrogens is 222 g/mol. The summed E-state index contributed by atoms with van der Waals surface area (Å²) < 4.78 is 1.16. The largest absolute Gasteiger partial charge is 0.361 e. The molecule has 1 aromatic heterocycles. The molecule has 0 spiro atoms. The molecule has 0 aromatic carbocycles. The number of aromatic nitrogens is 1. The Morgan fingerprint density at radius 3 is 2.71 bits per heavy atom. The number of rotatable bonds is 5. The molecular formula is C11H15N3O3. The van der Waals surface area contributed by atoms with Gasteiger partial charge in [-0.2, -0.15) is 0 Å². The van der Waals surface area contributed by atoms with E-state index in [4.69, 9.17) is 0 Å². The van der Waals surface area contributed by atoms with Crippen molar-refractivity contribution in [1.82, 2.24) is 4.57 Å². The minimum Gasteiger partial charge on any atom is -0.361 e. The summed E-state index contributed by atoms with van der Waals surface area (Å²) in [5.41, 5.74) is 0.769. The van der Waals surface area contributed by atoms with E-state index in [-0.39, 0.29) is 5.69 Å². The zero-order valence-corrected chi connectivity index (χ0v) is 10.1. The first kappa shape index (κ1) is 13.1. The Labute approximate surface area is 99.2 Å². The minimum absolute atomic E-state index is 0.00505. The molecule has 6 nitrogen and oxygen atoms in total. The van der Waals surface area contributed by atoms with E-state index >= 15 is 0 Å². The predicted molar refractivity (Wildman–Crippen MR) is 65.0 cm³/mol. The number of carbonyl (C=O) groups is 2. The molecule has 0 aliphatic rings. The maximum Gasteiger partial charge on any atom is 0.333 e. The molecule has 0 saturated heterocycles. The summed E-state index contributed by atoms with van der Waals surface area (Å²) in [5.74, 6) is -0.315. The van der Waals surface area contributed by atoms with Crippen LogP contribution in [0.5, 0.6) is 0 Å². The van der Waals surface area contributed by atoms with E-state index in [1.807, 2.05) is 18.9 Å². The fraction of sp³-hybridized carbons (Fsp3) is 0.455. The van der Waals surface area contributed by atoms with Crippen LogP contribution < -0.4 is 4.90 Å². The maximum atomic E-state index is 11.3. The van der Waals surface area contributed by atoms with E-state index in [1.165, 1.54) is 6.07 Å². The average Bonchev–Trinajstić information content (AvgIpc) is 2.65. The first-order valence-electron chi connectivity index (χ1n) is 5.32. The first-order valence-corrected chi connectivity index (χ1v) is 5.32. The number of amides is 1. The van der Waals surface area contributed by atoms with Gasteiger partial charge in [-0.3, -0.25) is 14.2 Å². The lowest BCUT2D eigenvalue weighted by Gasteiger charge is -2.19. The second kappa shape index (κ2) is 5.38. The highest BCUT2D eigenvalue weighted by atomic mass is 16.3. The number of hydrogen-bond acceptors (Lipinski definition) is 4. The van der Waals surface area contributed by atoms with Crippen LogP contribution in [0.15, 0.2) is 11.2 Å². The van der Waals surface area contributed by atoms with Gasteiger partial charge in [0.2, 0.25) is 6.41 Å². The van der Waals surface area contributed by atoms with Gasteiger partial charge in [0.25, 0.3) is 0 Å². The summed E-state index contributed by atoms with van der Waals surface area (Å²) in [5, 5.41) is 2.34. The highest BCUT2D eigenvalue weighted by Crippen LogP contribution is 2.23. The summed E-state index contributed by atoms with van der Waals surface area (Å²) >= 11 is 0. The fourth-order valence-corrected chi connectivity index (χ4v) is 1.89. The van der Waals surface area contributed by atoms with E-state index in [0.29, 0.717) is 12.2 Å². The van der Waals surface area contributed by atoms with Crippen molar-refractivity contribution in [3.8, 4) is 0 Å². The van der Waals surface area contributed by atoms with Crippen molar-refractivity contribution in [2.75, 3.05) is 18.5 Å². The summed E-state index contributed by atoms with van der Waals surface area (Å²) in [6.45, 7) is 4.54. The van der Waals surface area contributed by atoms with Gasteiger partial charge in [-0.05, 0) is 25.0 Å². The van der Waals surface area contributed by atoms with Gasteiger partial charge in [0, 0.05) is 18.8 Å². The Morgan fingerprint density at radius 1 is 1.59 bits per heavy atom. The predicted octanol–water partition coefficient (Wildman–Crippen LogP) is 1.59. The summed E-state index contributed by atoms with van der Waals surface area (Å²) in [6.07, 6.45) is 1.43. The molecule has 0 radical (unpaired) electrons. The summed E-state index contributed by atoms with van der Waals surface area (Å²) in [4.78, 5) is 34.4. The number of aryl methyl sites for hydroxylation is 1. The summed E-state index contributed by atoms with van der Waals surface area (Å²) in [6, 6.07) is 1.50. The van der Waals surface area contributed by atoms with Crippen LogP contribution in [0, 0.1) is 11.8 Å². The molecule has 0 aliphatic heterocycles. The van der Waals surface area contributed by atoms with E-state index < -0.39 is 5.91 Å². The van der Waals surface area contributed by atoms with Gasteiger partial charge in [-0.1, -0.05) is 6.92 Å². The Morgan fingerprint density at radius 2 is 2.24 bits per heavy atom. The van der Waals surface area contributed by atoms with Crippen LogP contribution in [-0.4, -0.2) is 30.5 Å². The van der Waals surface area contributed by atoms with Crippen molar-refractivity contribution < 1.29 is 9.59 Å². The van der Waals surface area contributed by atoms with E-state index in [0.717, 1.165) is 23.1 Å². The van der Waals surface area contributed by atoms with E-state index in [9.17, 15) is 14.5 Å². The molecule has 0 unspecified atom stereocenters. The van der Waals surface area contributed by atoms with Crippen LogP contribution in [0.2, 0.25) is 0 Å². The Balaban J connectivity index is 3.30. The lowest BCUT2D eigenvalue weighted by molar-refractivity contribution is 0.0995. The molecule has 0 fully saturated rings. The van der Waals surface area contributed by atoms with Crippen molar-refractivity contribution in [2.24, 2.45) is 5.18 Å². The third-order valence-corrected chi connectivity index (χ3v) is 2.52. The minimum atomic E-state index is -0.934. The lowest BCUT2D eigenvalue weighted by atomic mass is 10.3. The zero-order valence-electron chi connectivity index (χ0n) is 10.1. The number of nitroso groups, excluding NO2 is 1. The molecule has 0 bridgehead atoms. The van der Waals surface area contributed by atoms with Crippen LogP contribution in [-0.2, 0) is 4.79 Å². The topological polar surface area (TPSA) is 71.7 Å². The molecule has 0 atom stereocenters. The van der Waals surface area contributed by atoms with Crippen LogP contribution in [0.1, 0.15) is 29.4 Å². The van der Waals surface area contributed by atoms with Gasteiger partial charge in [0.1, 0.15) is 11.5 Å². The van der Waals surface area contributed by atoms with Crippen LogP contribution in [0.4, 0.5) is 5.82 Å². The molecule has 17 heavy (non-hydrogen) atoms. The van der Waals surface area contributed by atoms with Crippen molar-refractivity contribution in [3.05, 3.63) is 22.2 Å². The standard InChI is InChI=1S/C11H15N3O3/c1-4-5-13(3)11-8(2)6-9(10(16)12-17)14(11)7-15/h6-7H,4-5H2,1-3H3. The van der Waals surface area contributed by atoms with Gasteiger partial charge < -0.3 is 4.90 Å². The SMILES string of the molecule is CCCN(C)c1c(C)cc(C(=O)N=O)n1C=O. The molecule has 1 rings (SSSR count). The van der Waals surface area contributed by atoms with Crippen LogP contribution >= 0.6 is 0 Å². The Bertz CT molecular complexity index is 451. The molecule has 1 aromatic rings. The zero-order chi connectivity index (χ0) is 13.0. The summed E-state index contributed by atoms with van der Waals surface area (Å²) in [7, 11) is 1.83. The van der Waals surface area contributed by atoms with Crippen molar-refractivity contribution in [1.29, 1.82) is 0 Å². The van der Waals surface area contributed by atoms with Crippen molar-refractivity contribution in [2.45, 2.75) is 20.3 Å². The highest BCUT2D eigenvalue weighted by molar-refractivity contribution is 5.97. The van der Waals surface area contributed by atoms with Crippen molar-refractivity contribution in [3.63, 3.8) is 0 Å². The highest BCUT2D eigenvalue weighted by Gasteiger charge is 2.20. The fourth-order valence-electron chi connectivity index (χ4n) is 1.89. The Hall–Kier alpha value is -1.98. The average molecular weight is 237 g/mol. The van der Waals surface area contributed by atoms with Gasteiger partial charge in [-0.15, -0.1) is 4.91 Å². The van der Waals surface area contributed by atoms with Crippen LogP contribution in [0.3, 0.4) is 0 Å². The van der Waals surface area contributed by atoms with E-state index in [2.05, 4.69) is 5.18 Å². The number of carbonyl (C=O) groups excluding carboxylic acids is 2. The van der Waals surface area contributed by atoms with E-state index in [1.54, 1.807) is 6.92 Å². The maximum absolute atomic E-state index is 11.3. The molecule has 0 saturated carbocycles. The molecule has 6 heteroatoms. The quantitative estimate of drug-likeness (QED) is 0.576. The number of nitrogens with zero attached hydrogens (tertiary/aromatic N) is 3. The van der Waals surface area contributed by atoms with Gasteiger partial charge in [0.05, 0.1) is 0 Å². The molecule has 0 N–H and O–H groups in total. The van der Waals surface area contributed by atoms with Gasteiger partial charge in [0.15, 0.2) is 0 Å². The van der Waals surface area contributed by atoms with Gasteiger partial charge >= 0.3 is 5.91 Å². The third kappa shape index (κ3) is 2.41. The Kier molecular flexibility index (Phi) is 4.14. The molecule has 0 aliphatic carbocycles. The molecule has 92 valence electrons. The number of anilines is 1. The first-order chi connectivity index (χ1) is 8.06.